The third kappa shape index (κ3) is 5.89. The summed E-state index contributed by atoms with van der Waals surface area (Å²) in [5, 5.41) is 4.31. The lowest BCUT2D eigenvalue weighted by molar-refractivity contribution is -0.117. The fourth-order valence-corrected chi connectivity index (χ4v) is 4.74. The van der Waals surface area contributed by atoms with E-state index in [0.717, 1.165) is 34.5 Å². The summed E-state index contributed by atoms with van der Waals surface area (Å²) < 4.78 is 5.35. The van der Waals surface area contributed by atoms with Crippen molar-refractivity contribution in [1.82, 2.24) is 4.90 Å². The molecule has 4 rings (SSSR count). The third-order valence-electron chi connectivity index (χ3n) is 6.43. The number of nitrogens with zero attached hydrogens (tertiary/aromatic N) is 2. The predicted molar refractivity (Wildman–Crippen MR) is 146 cm³/mol. The number of anilines is 2. The zero-order valence-electron chi connectivity index (χ0n) is 21.1. The quantitative estimate of drug-likeness (QED) is 0.397. The number of hydrogen-bond donors (Lipinski definition) is 1. The van der Waals surface area contributed by atoms with E-state index in [-0.39, 0.29) is 24.0 Å². The molecule has 1 N–H and O–H groups in total. The van der Waals surface area contributed by atoms with E-state index < -0.39 is 0 Å². The monoisotopic (exact) mass is 505 g/mol. The second kappa shape index (κ2) is 11.1. The van der Waals surface area contributed by atoms with Crippen molar-refractivity contribution in [2.24, 2.45) is 0 Å². The highest BCUT2D eigenvalue weighted by Crippen LogP contribution is 2.41. The summed E-state index contributed by atoms with van der Waals surface area (Å²) >= 11 is 6.07. The van der Waals surface area contributed by atoms with Crippen molar-refractivity contribution in [3.05, 3.63) is 82.9 Å². The second-order valence-corrected chi connectivity index (χ2v) is 9.90. The Bertz CT molecular complexity index is 1230. The molecule has 1 amide bonds. The van der Waals surface area contributed by atoms with Gasteiger partial charge in [0, 0.05) is 35.9 Å². The molecule has 6 nitrogen and oxygen atoms in total. The summed E-state index contributed by atoms with van der Waals surface area (Å²) in [5.41, 5.74) is 5.47. The average molecular weight is 506 g/mol. The van der Waals surface area contributed by atoms with Gasteiger partial charge in [0.05, 0.1) is 11.6 Å². The number of carbonyl (C=O) groups excluding carboxylic acids is 2. The van der Waals surface area contributed by atoms with E-state index in [1.807, 2.05) is 72.4 Å². The normalized spacial score (nSPS) is 17.0. The van der Waals surface area contributed by atoms with E-state index >= 15 is 0 Å². The molecule has 188 valence electrons. The molecule has 36 heavy (non-hydrogen) atoms. The van der Waals surface area contributed by atoms with Crippen molar-refractivity contribution >= 4 is 34.9 Å². The van der Waals surface area contributed by atoms with Crippen molar-refractivity contribution in [3.8, 4) is 11.1 Å². The van der Waals surface area contributed by atoms with Crippen LogP contribution in [0.3, 0.4) is 0 Å². The number of benzene rings is 3. The number of hydrogen-bond acceptors (Lipinski definition) is 5. The van der Waals surface area contributed by atoms with Crippen LogP contribution in [0.2, 0.25) is 5.02 Å². The van der Waals surface area contributed by atoms with Gasteiger partial charge >= 0.3 is 5.97 Å². The lowest BCUT2D eigenvalue weighted by atomic mass is 9.88. The first-order valence-electron chi connectivity index (χ1n) is 12.1. The van der Waals surface area contributed by atoms with Crippen LogP contribution >= 0.6 is 11.6 Å². The first-order valence-corrected chi connectivity index (χ1v) is 12.5. The van der Waals surface area contributed by atoms with Crippen molar-refractivity contribution in [2.75, 3.05) is 37.5 Å². The van der Waals surface area contributed by atoms with E-state index in [1.165, 1.54) is 0 Å². The molecule has 3 aromatic carbocycles. The Morgan fingerprint density at radius 2 is 1.69 bits per heavy atom. The lowest BCUT2D eigenvalue weighted by Crippen LogP contribution is -2.43. The summed E-state index contributed by atoms with van der Waals surface area (Å²) in [4.78, 5) is 28.7. The largest absolute Gasteiger partial charge is 0.461 e. The van der Waals surface area contributed by atoms with Crippen LogP contribution in [0.5, 0.6) is 0 Å². The van der Waals surface area contributed by atoms with Crippen molar-refractivity contribution in [1.29, 1.82) is 0 Å². The molecule has 2 unspecified atom stereocenters. The molecule has 0 aliphatic carbocycles. The molecule has 1 heterocycles. The zero-order chi connectivity index (χ0) is 25.8. The Morgan fingerprint density at radius 1 is 1.03 bits per heavy atom. The van der Waals surface area contributed by atoms with Gasteiger partial charge in [0.2, 0.25) is 5.91 Å². The Morgan fingerprint density at radius 3 is 2.33 bits per heavy atom. The summed E-state index contributed by atoms with van der Waals surface area (Å²) in [6.07, 6.45) is 0.774. The number of rotatable bonds is 7. The number of likely N-dealkylation sites (N-methyl/N-ethyl adjacent to an activating group) is 1. The molecule has 0 aromatic heterocycles. The van der Waals surface area contributed by atoms with Gasteiger partial charge in [-0.15, -0.1) is 0 Å². The molecule has 0 saturated heterocycles. The minimum atomic E-state index is -0.327. The maximum Gasteiger partial charge on any atom is 0.338 e. The van der Waals surface area contributed by atoms with Crippen LogP contribution in [-0.4, -0.2) is 50.1 Å². The van der Waals surface area contributed by atoms with Crippen LogP contribution in [0.15, 0.2) is 66.7 Å². The number of fused-ring (bicyclic) bond motifs is 1. The first kappa shape index (κ1) is 25.7. The number of carbonyl (C=O) groups is 2. The maximum atomic E-state index is 12.5. The van der Waals surface area contributed by atoms with Gasteiger partial charge in [-0.2, -0.15) is 0 Å². The van der Waals surface area contributed by atoms with Crippen LogP contribution in [-0.2, 0) is 9.53 Å². The molecule has 0 saturated carbocycles. The first-order chi connectivity index (χ1) is 17.2. The van der Waals surface area contributed by atoms with Crippen molar-refractivity contribution in [2.45, 2.75) is 32.4 Å². The summed E-state index contributed by atoms with van der Waals surface area (Å²) in [6.45, 7) is 4.72. The molecule has 0 bridgehead atoms. The molecule has 1 aliphatic heterocycles. The van der Waals surface area contributed by atoms with Crippen LogP contribution in [0.4, 0.5) is 11.4 Å². The third-order valence-corrected chi connectivity index (χ3v) is 6.68. The molecule has 7 heteroatoms. The smallest absolute Gasteiger partial charge is 0.338 e. The van der Waals surface area contributed by atoms with Gasteiger partial charge in [0.25, 0.3) is 0 Å². The van der Waals surface area contributed by atoms with Crippen LogP contribution < -0.4 is 10.2 Å². The Kier molecular flexibility index (Phi) is 7.97. The highest BCUT2D eigenvalue weighted by atomic mass is 35.5. The Balaban J connectivity index is 1.61. The fraction of sp³-hybridized carbons (Fsp3) is 0.310. The summed E-state index contributed by atoms with van der Waals surface area (Å²) in [5.74, 6) is -0.300. The van der Waals surface area contributed by atoms with Gasteiger partial charge in [0.15, 0.2) is 0 Å². The van der Waals surface area contributed by atoms with Gasteiger partial charge < -0.3 is 19.9 Å². The van der Waals surface area contributed by atoms with Gasteiger partial charge in [-0.1, -0.05) is 29.8 Å². The van der Waals surface area contributed by atoms with Crippen LogP contribution in [0, 0.1) is 0 Å². The fourth-order valence-electron chi connectivity index (χ4n) is 4.61. The topological polar surface area (TPSA) is 61.9 Å². The number of ether oxygens (including phenoxy) is 1. The van der Waals surface area contributed by atoms with Gasteiger partial charge in [-0.3, -0.25) is 4.79 Å². The molecular weight excluding hydrogens is 474 g/mol. The molecule has 1 aliphatic rings. The zero-order valence-corrected chi connectivity index (χ0v) is 21.9. The number of nitrogens with one attached hydrogen (secondary N) is 1. The minimum absolute atomic E-state index is 0.0256. The maximum absolute atomic E-state index is 12.5. The van der Waals surface area contributed by atoms with Crippen LogP contribution in [0.1, 0.15) is 42.2 Å². The summed E-state index contributed by atoms with van der Waals surface area (Å²) in [6, 6.07) is 21.4. The summed E-state index contributed by atoms with van der Waals surface area (Å²) in [7, 11) is 3.88. The molecule has 2 atom stereocenters. The Hall–Kier alpha value is -3.35. The highest BCUT2D eigenvalue weighted by molar-refractivity contribution is 6.30. The van der Waals surface area contributed by atoms with E-state index in [4.69, 9.17) is 16.3 Å². The number of amides is 1. The van der Waals surface area contributed by atoms with Crippen molar-refractivity contribution in [3.63, 3.8) is 0 Å². The molecule has 0 fully saturated rings. The lowest BCUT2D eigenvalue weighted by Gasteiger charge is -2.39. The second-order valence-electron chi connectivity index (χ2n) is 9.47. The van der Waals surface area contributed by atoms with Crippen molar-refractivity contribution < 1.29 is 14.3 Å². The minimum Gasteiger partial charge on any atom is -0.461 e. The molecule has 0 spiro atoms. The molecule has 0 radical (unpaired) electrons. The molecular formula is C29H32ClN3O3. The number of halogens is 1. The van der Waals surface area contributed by atoms with Gasteiger partial charge in [0.1, 0.15) is 6.61 Å². The van der Waals surface area contributed by atoms with Gasteiger partial charge in [-0.25, -0.2) is 4.79 Å². The van der Waals surface area contributed by atoms with Crippen LogP contribution in [0.25, 0.3) is 11.1 Å². The SMILES string of the molecule is CC(=O)N1c2ccc(-c3ccc(C(=O)OCCN(C)C)cc3)cc2C(Nc2ccc(Cl)cc2)CC1C. The highest BCUT2D eigenvalue weighted by Gasteiger charge is 2.32. The van der Waals surface area contributed by atoms with E-state index in [2.05, 4.69) is 18.3 Å². The van der Waals surface area contributed by atoms with E-state index in [0.29, 0.717) is 23.7 Å². The average Bonchev–Trinajstić information content (AvgIpc) is 2.85. The Labute approximate surface area is 217 Å². The number of esters is 1. The van der Waals surface area contributed by atoms with Gasteiger partial charge in [-0.05, 0) is 92.7 Å². The predicted octanol–water partition coefficient (Wildman–Crippen LogP) is 6.02. The standard InChI is InChI=1S/C29H32ClN3O3/c1-19-17-27(31-25-12-10-24(30)11-13-25)26-18-23(9-14-28(26)33(19)20(2)34)21-5-7-22(8-6-21)29(35)36-16-15-32(3)4/h5-14,18-19,27,31H,15-17H2,1-4H3. The van der Waals surface area contributed by atoms with E-state index in [1.54, 1.807) is 19.1 Å². The van der Waals surface area contributed by atoms with E-state index in [9.17, 15) is 9.59 Å². The molecule has 3 aromatic rings.